The number of aryl methyl sites for hydroxylation is 1. The molecule has 5 heteroatoms. The largest absolute Gasteiger partial charge is 0.379 e. The molecular weight excluding hydrogens is 355 g/mol. The van der Waals surface area contributed by atoms with E-state index in [0.29, 0.717) is 38.2 Å². The number of nitrogens with one attached hydrogen (secondary N) is 1. The van der Waals surface area contributed by atoms with Crippen molar-refractivity contribution in [1.82, 2.24) is 10.2 Å². The monoisotopic (exact) mass is 382 g/mol. The molecule has 0 radical (unpaired) electrons. The van der Waals surface area contributed by atoms with Crippen molar-refractivity contribution < 1.29 is 13.9 Å². The maximum absolute atomic E-state index is 14.3. The minimum atomic E-state index is -0.701. The van der Waals surface area contributed by atoms with Crippen LogP contribution in [0.5, 0.6) is 0 Å². The molecule has 4 rings (SSSR count). The topological polar surface area (TPSA) is 41.6 Å². The van der Waals surface area contributed by atoms with Gasteiger partial charge in [-0.1, -0.05) is 48.0 Å². The molecule has 2 aromatic carbocycles. The van der Waals surface area contributed by atoms with Gasteiger partial charge in [0, 0.05) is 25.2 Å². The second-order valence-corrected chi connectivity index (χ2v) is 7.85. The van der Waals surface area contributed by atoms with Crippen LogP contribution in [0.3, 0.4) is 0 Å². The zero-order valence-corrected chi connectivity index (χ0v) is 16.3. The predicted molar refractivity (Wildman–Crippen MR) is 107 cm³/mol. The van der Waals surface area contributed by atoms with Crippen LogP contribution in [0.1, 0.15) is 35.6 Å². The van der Waals surface area contributed by atoms with E-state index in [0.717, 1.165) is 13.1 Å². The number of rotatable bonds is 6. The SMILES string of the molecule is Cc1cccc(C(CNC(=O)C2(c3ccccc3F)CC2)N2CCOCC2)c1. The standard InChI is InChI=1S/C23H27FN2O2/c1-17-5-4-6-18(15-17)21(26-11-13-28-14-12-26)16-25-22(27)23(9-10-23)19-7-2-3-8-20(19)24/h2-8,15,21H,9-14,16H2,1H3,(H,25,27). The Morgan fingerprint density at radius 3 is 2.61 bits per heavy atom. The average molecular weight is 382 g/mol. The average Bonchev–Trinajstić information content (AvgIpc) is 3.51. The second kappa shape index (κ2) is 8.02. The minimum Gasteiger partial charge on any atom is -0.379 e. The van der Waals surface area contributed by atoms with Crippen LogP contribution >= 0.6 is 0 Å². The van der Waals surface area contributed by atoms with E-state index in [4.69, 9.17) is 4.74 Å². The number of ether oxygens (including phenoxy) is 1. The Morgan fingerprint density at radius 2 is 1.93 bits per heavy atom. The van der Waals surface area contributed by atoms with Crippen LogP contribution in [0.25, 0.3) is 0 Å². The summed E-state index contributed by atoms with van der Waals surface area (Å²) in [6, 6.07) is 15.2. The second-order valence-electron chi connectivity index (χ2n) is 7.85. The van der Waals surface area contributed by atoms with E-state index in [-0.39, 0.29) is 17.8 Å². The van der Waals surface area contributed by atoms with Gasteiger partial charge in [-0.3, -0.25) is 9.69 Å². The molecule has 2 aliphatic rings. The third kappa shape index (κ3) is 3.82. The quantitative estimate of drug-likeness (QED) is 0.833. The van der Waals surface area contributed by atoms with Gasteiger partial charge >= 0.3 is 0 Å². The molecule has 0 bridgehead atoms. The highest BCUT2D eigenvalue weighted by molar-refractivity contribution is 5.91. The van der Waals surface area contributed by atoms with E-state index in [1.165, 1.54) is 17.2 Å². The molecule has 1 saturated heterocycles. The van der Waals surface area contributed by atoms with Crippen molar-refractivity contribution in [1.29, 1.82) is 0 Å². The van der Waals surface area contributed by atoms with Gasteiger partial charge in [0.1, 0.15) is 5.82 Å². The summed E-state index contributed by atoms with van der Waals surface area (Å²) in [5.74, 6) is -0.359. The fourth-order valence-corrected chi connectivity index (χ4v) is 4.18. The minimum absolute atomic E-state index is 0.0662. The summed E-state index contributed by atoms with van der Waals surface area (Å²) < 4.78 is 19.8. The number of hydrogen-bond donors (Lipinski definition) is 1. The molecule has 2 fully saturated rings. The Bertz CT molecular complexity index is 844. The van der Waals surface area contributed by atoms with Crippen molar-refractivity contribution in [3.8, 4) is 0 Å². The molecule has 2 aromatic rings. The summed E-state index contributed by atoms with van der Waals surface area (Å²) in [6.07, 6.45) is 1.40. The number of benzene rings is 2. The van der Waals surface area contributed by atoms with Gasteiger partial charge in [-0.25, -0.2) is 4.39 Å². The van der Waals surface area contributed by atoms with Crippen molar-refractivity contribution in [2.24, 2.45) is 0 Å². The van der Waals surface area contributed by atoms with Crippen LogP contribution in [0.4, 0.5) is 4.39 Å². The van der Waals surface area contributed by atoms with Gasteiger partial charge in [0.05, 0.1) is 24.7 Å². The smallest absolute Gasteiger partial charge is 0.230 e. The van der Waals surface area contributed by atoms with Crippen molar-refractivity contribution in [3.05, 3.63) is 71.0 Å². The molecule has 28 heavy (non-hydrogen) atoms. The van der Waals surface area contributed by atoms with Crippen molar-refractivity contribution >= 4 is 5.91 Å². The lowest BCUT2D eigenvalue weighted by Gasteiger charge is -2.35. The highest BCUT2D eigenvalue weighted by atomic mass is 19.1. The number of carbonyl (C=O) groups excluding carboxylic acids is 1. The molecule has 4 nitrogen and oxygen atoms in total. The number of hydrogen-bond acceptors (Lipinski definition) is 3. The van der Waals surface area contributed by atoms with Gasteiger partial charge in [0.2, 0.25) is 5.91 Å². The maximum atomic E-state index is 14.3. The predicted octanol–water partition coefficient (Wildman–Crippen LogP) is 3.36. The summed E-state index contributed by atoms with van der Waals surface area (Å²) in [5, 5.41) is 3.14. The van der Waals surface area contributed by atoms with Crippen LogP contribution < -0.4 is 5.32 Å². The van der Waals surface area contributed by atoms with Gasteiger partial charge in [0.25, 0.3) is 0 Å². The van der Waals surface area contributed by atoms with E-state index in [1.54, 1.807) is 18.2 Å². The molecular formula is C23H27FN2O2. The number of amides is 1. The summed E-state index contributed by atoms with van der Waals surface area (Å²) in [7, 11) is 0. The molecule has 1 aliphatic carbocycles. The Balaban J connectivity index is 1.51. The Labute approximate surface area is 165 Å². The van der Waals surface area contributed by atoms with Gasteiger partial charge < -0.3 is 10.1 Å². The van der Waals surface area contributed by atoms with Crippen LogP contribution in [-0.2, 0) is 14.9 Å². The van der Waals surface area contributed by atoms with Gasteiger partial charge in [-0.2, -0.15) is 0 Å². The zero-order valence-electron chi connectivity index (χ0n) is 16.3. The highest BCUT2D eigenvalue weighted by Gasteiger charge is 2.52. The van der Waals surface area contributed by atoms with E-state index in [9.17, 15) is 9.18 Å². The number of halogens is 1. The fourth-order valence-electron chi connectivity index (χ4n) is 4.18. The molecule has 1 unspecified atom stereocenters. The number of carbonyl (C=O) groups is 1. The summed E-state index contributed by atoms with van der Waals surface area (Å²) in [4.78, 5) is 15.4. The Morgan fingerprint density at radius 1 is 1.18 bits per heavy atom. The van der Waals surface area contributed by atoms with Crippen LogP contribution in [-0.4, -0.2) is 43.7 Å². The van der Waals surface area contributed by atoms with Crippen LogP contribution in [0, 0.1) is 12.7 Å². The van der Waals surface area contributed by atoms with E-state index in [1.807, 2.05) is 0 Å². The number of nitrogens with zero attached hydrogens (tertiary/aromatic N) is 1. The zero-order chi connectivity index (χ0) is 19.6. The Hall–Kier alpha value is -2.24. The summed E-state index contributed by atoms with van der Waals surface area (Å²) >= 11 is 0. The maximum Gasteiger partial charge on any atom is 0.230 e. The first-order chi connectivity index (χ1) is 13.6. The first-order valence-electron chi connectivity index (χ1n) is 10.0. The van der Waals surface area contributed by atoms with Crippen LogP contribution in [0.15, 0.2) is 48.5 Å². The third-order valence-electron chi connectivity index (χ3n) is 5.94. The van der Waals surface area contributed by atoms with E-state index >= 15 is 0 Å². The normalized spacial score (nSPS) is 19.8. The third-order valence-corrected chi connectivity index (χ3v) is 5.94. The molecule has 1 atom stereocenters. The summed E-state index contributed by atoms with van der Waals surface area (Å²) in [6.45, 7) is 5.68. The van der Waals surface area contributed by atoms with Crippen molar-refractivity contribution in [3.63, 3.8) is 0 Å². The number of morpholine rings is 1. The molecule has 1 N–H and O–H groups in total. The van der Waals surface area contributed by atoms with Crippen molar-refractivity contribution in [2.75, 3.05) is 32.8 Å². The van der Waals surface area contributed by atoms with Crippen LogP contribution in [0.2, 0.25) is 0 Å². The lowest BCUT2D eigenvalue weighted by Crippen LogP contribution is -2.45. The molecule has 0 aromatic heterocycles. The first kappa shape index (κ1) is 19.1. The first-order valence-corrected chi connectivity index (χ1v) is 10.0. The molecule has 1 amide bonds. The molecule has 148 valence electrons. The fraction of sp³-hybridized carbons (Fsp3) is 0.435. The Kier molecular flexibility index (Phi) is 5.47. The molecule has 1 aliphatic heterocycles. The van der Waals surface area contributed by atoms with Gasteiger partial charge in [0.15, 0.2) is 0 Å². The molecule has 1 heterocycles. The van der Waals surface area contributed by atoms with E-state index in [2.05, 4.69) is 41.4 Å². The van der Waals surface area contributed by atoms with Gasteiger partial charge in [-0.05, 0) is 31.4 Å². The lowest BCUT2D eigenvalue weighted by atomic mass is 9.94. The highest BCUT2D eigenvalue weighted by Crippen LogP contribution is 2.49. The van der Waals surface area contributed by atoms with Crippen molar-refractivity contribution in [2.45, 2.75) is 31.2 Å². The molecule has 0 spiro atoms. The van der Waals surface area contributed by atoms with Gasteiger partial charge in [-0.15, -0.1) is 0 Å². The summed E-state index contributed by atoms with van der Waals surface area (Å²) in [5.41, 5.74) is 2.21. The van der Waals surface area contributed by atoms with E-state index < -0.39 is 5.41 Å². The molecule has 1 saturated carbocycles. The lowest BCUT2D eigenvalue weighted by molar-refractivity contribution is -0.124.